The van der Waals surface area contributed by atoms with Gasteiger partial charge in [0.2, 0.25) is 0 Å². The van der Waals surface area contributed by atoms with Crippen molar-refractivity contribution in [2.45, 2.75) is 13.0 Å². The number of hydrogen-bond acceptors (Lipinski definition) is 4. The predicted octanol–water partition coefficient (Wildman–Crippen LogP) is 1.22. The summed E-state index contributed by atoms with van der Waals surface area (Å²) in [5.74, 6) is 0.958. The van der Waals surface area contributed by atoms with Crippen LogP contribution in [0.5, 0.6) is 0 Å². The van der Waals surface area contributed by atoms with E-state index in [1.807, 2.05) is 7.05 Å². The quantitative estimate of drug-likeness (QED) is 0.681. The van der Waals surface area contributed by atoms with Crippen LogP contribution in [-0.4, -0.2) is 19.8 Å². The van der Waals surface area contributed by atoms with Crippen LogP contribution in [0.15, 0.2) is 30.1 Å². The van der Waals surface area contributed by atoms with Gasteiger partial charge in [-0.2, -0.15) is 0 Å². The van der Waals surface area contributed by atoms with E-state index in [1.54, 1.807) is 6.08 Å². The van der Waals surface area contributed by atoms with Crippen molar-refractivity contribution in [1.29, 1.82) is 5.41 Å². The second-order valence-electron chi connectivity index (χ2n) is 4.04. The molecule has 1 aromatic rings. The van der Waals surface area contributed by atoms with Crippen LogP contribution in [0.25, 0.3) is 0 Å². The van der Waals surface area contributed by atoms with Crippen molar-refractivity contribution in [1.82, 2.24) is 5.32 Å². The Labute approximate surface area is 102 Å². The third-order valence-corrected chi connectivity index (χ3v) is 3.06. The zero-order valence-corrected chi connectivity index (χ0v) is 10.0. The monoisotopic (exact) mass is 230 g/mol. The van der Waals surface area contributed by atoms with E-state index in [0.29, 0.717) is 6.54 Å². The highest BCUT2D eigenvalue weighted by Crippen LogP contribution is 2.30. The summed E-state index contributed by atoms with van der Waals surface area (Å²) in [4.78, 5) is 2.20. The Bertz CT molecular complexity index is 451. The van der Waals surface area contributed by atoms with Crippen LogP contribution in [0.3, 0.4) is 0 Å². The lowest BCUT2D eigenvalue weighted by Gasteiger charge is -2.22. The maximum Gasteiger partial charge on any atom is 0.107 e. The van der Waals surface area contributed by atoms with E-state index >= 15 is 0 Å². The summed E-state index contributed by atoms with van der Waals surface area (Å²) in [5, 5.41) is 10.3. The third-order valence-electron chi connectivity index (χ3n) is 3.06. The van der Waals surface area contributed by atoms with Crippen LogP contribution in [0.4, 0.5) is 5.69 Å². The normalized spacial score (nSPS) is 14.7. The molecule has 0 fully saturated rings. The summed E-state index contributed by atoms with van der Waals surface area (Å²) < 4.78 is 0. The first kappa shape index (κ1) is 11.7. The Morgan fingerprint density at radius 3 is 3.06 bits per heavy atom. The zero-order valence-electron chi connectivity index (χ0n) is 10.0. The fourth-order valence-electron chi connectivity index (χ4n) is 2.22. The molecule has 0 amide bonds. The number of allylic oxidation sites excluding steroid dienone is 1. The molecule has 17 heavy (non-hydrogen) atoms. The molecule has 0 aliphatic carbocycles. The molecule has 0 radical (unpaired) electrons. The molecule has 0 atom stereocenters. The lowest BCUT2D eigenvalue weighted by molar-refractivity contribution is 0.849. The average Bonchev–Trinajstić information content (AvgIpc) is 2.78. The highest BCUT2D eigenvalue weighted by Gasteiger charge is 2.21. The first-order valence-corrected chi connectivity index (χ1v) is 5.78. The Morgan fingerprint density at radius 2 is 2.41 bits per heavy atom. The molecule has 90 valence electrons. The summed E-state index contributed by atoms with van der Waals surface area (Å²) in [6.07, 6.45) is 4.10. The van der Waals surface area contributed by atoms with Crippen molar-refractivity contribution in [3.63, 3.8) is 0 Å². The van der Waals surface area contributed by atoms with E-state index in [-0.39, 0.29) is 0 Å². The molecule has 4 N–H and O–H groups in total. The van der Waals surface area contributed by atoms with E-state index in [2.05, 4.69) is 28.4 Å². The number of fused-ring (bicyclic) bond motifs is 1. The molecule has 0 spiro atoms. The van der Waals surface area contributed by atoms with Gasteiger partial charge in [-0.3, -0.25) is 0 Å². The van der Waals surface area contributed by atoms with E-state index in [4.69, 9.17) is 11.1 Å². The number of hydrogen-bond donors (Lipinski definition) is 3. The van der Waals surface area contributed by atoms with Gasteiger partial charge in [-0.1, -0.05) is 12.1 Å². The van der Waals surface area contributed by atoms with Crippen molar-refractivity contribution < 1.29 is 0 Å². The summed E-state index contributed by atoms with van der Waals surface area (Å²) in [7, 11) is 1.88. The number of benzene rings is 1. The molecule has 4 heteroatoms. The highest BCUT2D eigenvalue weighted by atomic mass is 15.2. The first-order chi connectivity index (χ1) is 8.30. The Morgan fingerprint density at radius 1 is 1.59 bits per heavy atom. The Hall–Kier alpha value is -1.81. The molecule has 0 unspecified atom stereocenters. The van der Waals surface area contributed by atoms with Crippen LogP contribution >= 0.6 is 0 Å². The molecule has 1 aliphatic rings. The van der Waals surface area contributed by atoms with Gasteiger partial charge in [0, 0.05) is 32.0 Å². The van der Waals surface area contributed by atoms with Gasteiger partial charge >= 0.3 is 0 Å². The topological polar surface area (TPSA) is 65.1 Å². The van der Waals surface area contributed by atoms with Crippen LogP contribution in [-0.2, 0) is 13.0 Å². The third kappa shape index (κ3) is 2.17. The molecule has 1 aromatic carbocycles. The molecule has 0 bridgehead atoms. The van der Waals surface area contributed by atoms with Crippen LogP contribution in [0.2, 0.25) is 0 Å². The molecular weight excluding hydrogens is 212 g/mol. The van der Waals surface area contributed by atoms with Crippen LogP contribution in [0.1, 0.15) is 11.1 Å². The Kier molecular flexibility index (Phi) is 3.44. The van der Waals surface area contributed by atoms with Gasteiger partial charge in [0.15, 0.2) is 0 Å². The van der Waals surface area contributed by atoms with Crippen molar-refractivity contribution in [2.24, 2.45) is 5.73 Å². The zero-order chi connectivity index (χ0) is 12.3. The smallest absolute Gasteiger partial charge is 0.107 e. The summed E-state index contributed by atoms with van der Waals surface area (Å²) in [6.45, 7) is 1.53. The van der Waals surface area contributed by atoms with Crippen molar-refractivity contribution in [3.05, 3.63) is 41.2 Å². The summed E-state index contributed by atoms with van der Waals surface area (Å²) >= 11 is 0. The van der Waals surface area contributed by atoms with E-state index in [0.717, 1.165) is 18.8 Å². The number of nitrogens with one attached hydrogen (secondary N) is 2. The fraction of sp³-hybridized carbons (Fsp3) is 0.308. The fourth-order valence-corrected chi connectivity index (χ4v) is 2.22. The van der Waals surface area contributed by atoms with Gasteiger partial charge in [0.25, 0.3) is 0 Å². The molecule has 2 rings (SSSR count). The lowest BCUT2D eigenvalue weighted by Crippen LogP contribution is -2.28. The second kappa shape index (κ2) is 5.01. The standard InChI is InChI=1S/C13H18N4/c1-16-13(4-6-14)17-7-5-11-8-10(9-15)2-3-12(11)17/h2-4,6,8,14,16H,5,7,9,15H2,1H3/b13-4+,14-6?. The largest absolute Gasteiger partial charge is 0.374 e. The molecule has 0 saturated carbocycles. The molecule has 4 nitrogen and oxygen atoms in total. The highest BCUT2D eigenvalue weighted by molar-refractivity contribution is 5.72. The average molecular weight is 230 g/mol. The van der Waals surface area contributed by atoms with Gasteiger partial charge in [0.1, 0.15) is 5.82 Å². The summed E-state index contributed by atoms with van der Waals surface area (Å²) in [6, 6.07) is 6.35. The van der Waals surface area contributed by atoms with Gasteiger partial charge in [0.05, 0.1) is 0 Å². The van der Waals surface area contributed by atoms with Crippen molar-refractivity contribution >= 4 is 11.9 Å². The molecular formula is C13H18N4. The Balaban J connectivity index is 2.33. The minimum absolute atomic E-state index is 0.586. The van der Waals surface area contributed by atoms with E-state index < -0.39 is 0 Å². The van der Waals surface area contributed by atoms with Crippen molar-refractivity contribution in [2.75, 3.05) is 18.5 Å². The molecule has 1 aliphatic heterocycles. The van der Waals surface area contributed by atoms with E-state index in [1.165, 1.54) is 23.0 Å². The van der Waals surface area contributed by atoms with Gasteiger partial charge < -0.3 is 21.4 Å². The SMILES string of the molecule is CN/C(=C\C=N)N1CCc2cc(CN)ccc21. The van der Waals surface area contributed by atoms with E-state index in [9.17, 15) is 0 Å². The van der Waals surface area contributed by atoms with Crippen LogP contribution < -0.4 is 16.0 Å². The first-order valence-electron chi connectivity index (χ1n) is 5.78. The second-order valence-corrected chi connectivity index (χ2v) is 4.04. The van der Waals surface area contributed by atoms with Gasteiger partial charge in [-0.05, 0) is 29.7 Å². The maximum atomic E-state index is 7.16. The predicted molar refractivity (Wildman–Crippen MR) is 71.3 cm³/mol. The maximum absolute atomic E-state index is 7.16. The molecule has 0 saturated heterocycles. The van der Waals surface area contributed by atoms with Crippen molar-refractivity contribution in [3.8, 4) is 0 Å². The van der Waals surface area contributed by atoms with Gasteiger partial charge in [-0.25, -0.2) is 0 Å². The summed E-state index contributed by atoms with van der Waals surface area (Å²) in [5.41, 5.74) is 9.36. The number of rotatable bonds is 4. The number of anilines is 1. The van der Waals surface area contributed by atoms with Gasteiger partial charge in [-0.15, -0.1) is 0 Å². The minimum atomic E-state index is 0.586. The van der Waals surface area contributed by atoms with Crippen LogP contribution in [0, 0.1) is 5.41 Å². The minimum Gasteiger partial charge on any atom is -0.374 e. The molecule has 0 aromatic heterocycles. The lowest BCUT2D eigenvalue weighted by atomic mass is 10.1. The number of nitrogens with zero attached hydrogens (tertiary/aromatic N) is 1. The number of nitrogens with two attached hydrogens (primary N) is 1. The molecule has 1 heterocycles.